The Bertz CT molecular complexity index is 4720. The van der Waals surface area contributed by atoms with Crippen molar-refractivity contribution in [1.29, 1.82) is 0 Å². The van der Waals surface area contributed by atoms with Gasteiger partial charge in [0.25, 0.3) is 17.1 Å². The predicted molar refractivity (Wildman–Crippen MR) is 485 cm³/mol. The topological polar surface area (TPSA) is 266 Å². The average Bonchev–Trinajstić information content (AvgIpc) is 1.65. The zero-order valence-electron chi connectivity index (χ0n) is 69.2. The first kappa shape index (κ1) is 94.6. The summed E-state index contributed by atoms with van der Waals surface area (Å²) in [7, 11) is 0. The number of rotatable bonds is 14. The third-order valence-corrected chi connectivity index (χ3v) is 20.8. The van der Waals surface area contributed by atoms with Crippen LogP contribution in [0.15, 0.2) is 218 Å². The van der Waals surface area contributed by atoms with Gasteiger partial charge in [-0.15, -0.1) is 23.2 Å². The molecule has 9 N–H and O–H groups in total. The van der Waals surface area contributed by atoms with E-state index in [1.807, 2.05) is 211 Å². The lowest BCUT2D eigenvalue weighted by atomic mass is 9.80. The number of alkyl halides is 2. The number of nitrogen functional groups attached to an aromatic ring is 2. The number of nitrogens with zero attached hydrogens (tertiary/aromatic N) is 2. The molecule has 3 heterocycles. The highest BCUT2D eigenvalue weighted by Crippen LogP contribution is 2.43. The average molecular weight is 1660 g/mol. The molecule has 19 nitrogen and oxygen atoms in total. The number of hydrogen-bond donors (Lipinski definition) is 7. The van der Waals surface area contributed by atoms with Gasteiger partial charge < -0.3 is 56.2 Å². The molecule has 2 atom stereocenters. The molecule has 22 heteroatoms. The molecule has 4 fully saturated rings. The van der Waals surface area contributed by atoms with Crippen LogP contribution in [0.3, 0.4) is 0 Å². The molecule has 0 radical (unpaired) electrons. The smallest absolute Gasteiger partial charge is 0.412 e. The van der Waals surface area contributed by atoms with Crippen LogP contribution in [0, 0.1) is 0 Å². The fraction of sp³-hybridized carbons (Fsp3) is 0.365. The van der Waals surface area contributed by atoms with Gasteiger partial charge in [0.2, 0.25) is 0 Å². The molecule has 2 spiro atoms. The van der Waals surface area contributed by atoms with E-state index in [1.165, 1.54) is 70.3 Å². The second-order valence-corrected chi connectivity index (χ2v) is 33.2. The Balaban J connectivity index is 0.000000210. The minimum Gasteiger partial charge on any atom is -0.444 e. The van der Waals surface area contributed by atoms with Crippen LogP contribution in [0.2, 0.25) is 0 Å². The molecule has 9 aromatic rings. The number of nitrogens with one attached hydrogen (secondary N) is 5. The first-order valence-corrected chi connectivity index (χ1v) is 41.4. The lowest BCUT2D eigenvalue weighted by molar-refractivity contribution is -0.106. The quantitative estimate of drug-likeness (QED) is 0.0176. The lowest BCUT2D eigenvalue weighted by Gasteiger charge is -2.41. The summed E-state index contributed by atoms with van der Waals surface area (Å²) in [6, 6.07) is 69.2. The molecule has 9 aromatic carbocycles. The molecule has 13 rings (SSSR count). The second kappa shape index (κ2) is 44.9. The van der Waals surface area contributed by atoms with Crippen molar-refractivity contribution in [3.63, 3.8) is 0 Å². The summed E-state index contributed by atoms with van der Waals surface area (Å²) in [5.41, 5.74) is 25.3. The van der Waals surface area contributed by atoms with Crippen molar-refractivity contribution in [2.24, 2.45) is 0 Å². The van der Waals surface area contributed by atoms with Gasteiger partial charge in [0, 0.05) is 58.7 Å². The van der Waals surface area contributed by atoms with Crippen LogP contribution in [0.25, 0.3) is 33.4 Å². The number of carbonyl (C=O) groups is 7. The number of aldehydes is 1. The van der Waals surface area contributed by atoms with E-state index in [2.05, 4.69) is 38.7 Å². The van der Waals surface area contributed by atoms with Crippen molar-refractivity contribution < 1.29 is 47.8 Å². The monoisotopic (exact) mass is 1660 g/mol. The van der Waals surface area contributed by atoms with Crippen LogP contribution in [-0.2, 0) is 30.8 Å². The fourth-order valence-electron chi connectivity index (χ4n) is 14.4. The lowest BCUT2D eigenvalue weighted by Crippen LogP contribution is -2.50. The maximum atomic E-state index is 13.4. The Hall–Kier alpha value is -10.5. The predicted octanol–water partition coefficient (Wildman–Crippen LogP) is 23.5. The molecule has 628 valence electrons. The van der Waals surface area contributed by atoms with Crippen LogP contribution in [0.5, 0.6) is 0 Å². The first-order chi connectivity index (χ1) is 55.8. The Morgan fingerprint density at radius 1 is 0.508 bits per heavy atom. The highest BCUT2D eigenvalue weighted by atomic mass is 35.5. The summed E-state index contributed by atoms with van der Waals surface area (Å²) in [6.45, 7) is 23.5. The fourth-order valence-corrected chi connectivity index (χ4v) is 14.9. The number of piperidine rings is 1. The van der Waals surface area contributed by atoms with Gasteiger partial charge in [-0.25, -0.2) is 14.4 Å². The van der Waals surface area contributed by atoms with Crippen molar-refractivity contribution in [1.82, 2.24) is 15.5 Å². The zero-order chi connectivity index (χ0) is 84.9. The standard InChI is InChI=1S/C27H29ClN2O3.C27H30N4O.C17H20N2O2.C14H25NO2.C8H6Cl2O.C2H4O.CH4/c1-5-30(25(31)21-13-11-19(18-28)12-14-21)24-17-22(20-9-7-6-8-10-20)15-16-23(24)29-26(32)33-27(2,3)4;28-23-12-11-22(19-5-2-1-3-6-19)17-24(23)31-26(32)21-9-7-20(8-10-21)25-18-27(14-16-29-25)13-4-15-30-27;1-17(2,3)21-16(20)19-15-10-9-13(11-14(15)18)12-7-5-4-6-8-12;1-13(2,3)17-12(16)15-11-7-10-14(15)8-5-4-6-9-14;9-5-6-1-3-7(4-2-6)8(10)11;1-2-3;/h6-17H,5,18H2,1-4H3,(H,29,32);1-3,5-12,17,25,29-30H,4,13-16,18,28H2,(H,31,32);4-11H,18H2,1-3H3,(H,19,20);4-11H2,1-3H3;1-4H,5H2;2H,1H3;1H4. The number of ether oxygens (including phenoxy) is 3. The molecular formula is C96H118Cl3N9O10. The van der Waals surface area contributed by atoms with Gasteiger partial charge in [-0.2, -0.15) is 0 Å². The Labute approximate surface area is 713 Å². The second-order valence-electron chi connectivity index (χ2n) is 32.3. The number of likely N-dealkylation sites (tertiary alicyclic amines) is 1. The van der Waals surface area contributed by atoms with Crippen LogP contribution >= 0.6 is 34.8 Å². The summed E-state index contributed by atoms with van der Waals surface area (Å²) in [6.07, 6.45) is 12.9. The minimum absolute atomic E-state index is 0. The third kappa shape index (κ3) is 28.9. The van der Waals surface area contributed by atoms with Crippen molar-refractivity contribution in [3.8, 4) is 33.4 Å². The number of carbonyl (C=O) groups excluding carboxylic acids is 7. The van der Waals surface area contributed by atoms with E-state index in [4.69, 9.17) is 65.3 Å². The van der Waals surface area contributed by atoms with Crippen LogP contribution in [0.4, 0.5) is 48.5 Å². The number of hydrogen-bond acceptors (Lipinski definition) is 14. The maximum Gasteiger partial charge on any atom is 0.412 e. The van der Waals surface area contributed by atoms with E-state index >= 15 is 0 Å². The van der Waals surface area contributed by atoms with Gasteiger partial charge in [-0.3, -0.25) is 25.0 Å². The molecule has 3 saturated heterocycles. The van der Waals surface area contributed by atoms with E-state index in [1.54, 1.807) is 74.2 Å². The Morgan fingerprint density at radius 3 is 1.45 bits per heavy atom. The summed E-state index contributed by atoms with van der Waals surface area (Å²) in [5, 5.41) is 15.4. The van der Waals surface area contributed by atoms with Crippen molar-refractivity contribution >= 4 is 111 Å². The van der Waals surface area contributed by atoms with Gasteiger partial charge >= 0.3 is 18.3 Å². The Morgan fingerprint density at radius 2 is 0.975 bits per heavy atom. The summed E-state index contributed by atoms with van der Waals surface area (Å²) >= 11 is 16.7. The number of halogens is 3. The van der Waals surface area contributed by atoms with Crippen molar-refractivity contribution in [2.75, 3.05) is 58.5 Å². The molecule has 2 unspecified atom stereocenters. The molecule has 0 aromatic heterocycles. The van der Waals surface area contributed by atoms with E-state index in [-0.39, 0.29) is 42.0 Å². The van der Waals surface area contributed by atoms with Crippen LogP contribution < -0.4 is 43.0 Å². The zero-order valence-corrected chi connectivity index (χ0v) is 71.5. The summed E-state index contributed by atoms with van der Waals surface area (Å²) in [5.74, 6) is 0.515. The van der Waals surface area contributed by atoms with Crippen LogP contribution in [0.1, 0.15) is 208 Å². The van der Waals surface area contributed by atoms with E-state index in [0.29, 0.717) is 75.2 Å². The maximum absolute atomic E-state index is 13.4. The van der Waals surface area contributed by atoms with Gasteiger partial charge in [-0.1, -0.05) is 172 Å². The molecular weight excluding hydrogens is 1550 g/mol. The number of nitrogens with two attached hydrogens (primary N) is 2. The molecule has 4 aliphatic rings. The number of anilines is 6. The largest absolute Gasteiger partial charge is 0.444 e. The summed E-state index contributed by atoms with van der Waals surface area (Å²) in [4.78, 5) is 85.9. The van der Waals surface area contributed by atoms with E-state index in [0.717, 1.165) is 83.3 Å². The molecule has 1 aliphatic carbocycles. The SMILES string of the molecule is C.CC(C)(C)OC(=O)N1CCCC12CCCCC2.CC(C)(C)OC(=O)Nc1ccc(-c2ccccc2)cc1N.CC=O.CCN(C(=O)c1ccc(CCl)cc1)c1cc(-c2ccccc2)ccc1NC(=O)OC(C)(C)C.Nc1ccc(-c2ccccc2)cc1NC(=O)c1ccc(C2CC3(CCCN3)CCN2)cc1.O=C(Cl)c1ccc(CCl)cc1. The molecule has 0 bridgehead atoms. The van der Waals surface area contributed by atoms with E-state index < -0.39 is 28.6 Å². The molecule has 5 amide bonds. The van der Waals surface area contributed by atoms with Gasteiger partial charge in [-0.05, 0) is 275 Å². The first-order valence-electron chi connectivity index (χ1n) is 40.0. The third-order valence-electron chi connectivity index (χ3n) is 20.0. The number of benzene rings is 9. The van der Waals surface area contributed by atoms with E-state index in [9.17, 15) is 28.8 Å². The molecule has 118 heavy (non-hydrogen) atoms. The normalized spacial score (nSPS) is 15.7. The van der Waals surface area contributed by atoms with Crippen LogP contribution in [-0.4, -0.2) is 101 Å². The molecule has 3 aliphatic heterocycles. The minimum atomic E-state index is -0.640. The highest BCUT2D eigenvalue weighted by molar-refractivity contribution is 6.67. The van der Waals surface area contributed by atoms with Gasteiger partial charge in [0.05, 0.1) is 34.1 Å². The van der Waals surface area contributed by atoms with Crippen molar-refractivity contribution in [2.45, 2.75) is 200 Å². The van der Waals surface area contributed by atoms with Gasteiger partial charge in [0.15, 0.2) is 0 Å². The van der Waals surface area contributed by atoms with Gasteiger partial charge in [0.1, 0.15) is 23.1 Å². The Kier molecular flexibility index (Phi) is 36.0. The number of amides is 5. The molecule has 1 saturated carbocycles. The highest BCUT2D eigenvalue weighted by Gasteiger charge is 2.46. The van der Waals surface area contributed by atoms with Crippen molar-refractivity contribution in [3.05, 3.63) is 252 Å². The summed E-state index contributed by atoms with van der Waals surface area (Å²) < 4.78 is 16.2.